The normalized spacial score (nSPS) is 11.7. The maximum absolute atomic E-state index is 13.3. The molecule has 6 rings (SSSR count). The Balaban J connectivity index is 1.46. The summed E-state index contributed by atoms with van der Waals surface area (Å²) in [6.07, 6.45) is 5.04. The zero-order valence-corrected chi connectivity index (χ0v) is 19.9. The Morgan fingerprint density at radius 1 is 1.00 bits per heavy atom. The smallest absolute Gasteiger partial charge is 0.266 e. The number of para-hydroxylation sites is 1. The summed E-state index contributed by atoms with van der Waals surface area (Å²) in [7, 11) is 0. The average molecular weight is 477 g/mol. The number of aromatic nitrogens is 5. The number of thiophene rings is 1. The highest BCUT2D eigenvalue weighted by Gasteiger charge is 2.15. The summed E-state index contributed by atoms with van der Waals surface area (Å²) in [4.78, 5) is 23.2. The van der Waals surface area contributed by atoms with Gasteiger partial charge in [0.05, 0.1) is 17.4 Å². The van der Waals surface area contributed by atoms with E-state index in [1.54, 1.807) is 6.21 Å². The van der Waals surface area contributed by atoms with Crippen LogP contribution in [0.1, 0.15) is 16.8 Å². The van der Waals surface area contributed by atoms with Crippen molar-refractivity contribution in [1.82, 2.24) is 24.4 Å². The van der Waals surface area contributed by atoms with Gasteiger partial charge in [0.25, 0.3) is 5.56 Å². The summed E-state index contributed by atoms with van der Waals surface area (Å²) in [5.74, 6) is 0. The van der Waals surface area contributed by atoms with Crippen molar-refractivity contribution in [2.24, 2.45) is 5.10 Å². The molecule has 4 heterocycles. The van der Waals surface area contributed by atoms with Crippen molar-refractivity contribution in [3.8, 4) is 16.9 Å². The highest BCUT2D eigenvalue weighted by molar-refractivity contribution is 7.25. The molecule has 6 aromatic rings. The molecule has 2 aromatic carbocycles. The SMILES string of the molecule is Cc1cc(C)c2c(n1)sc1c(=O)n(N=Cc3cn(-c4ccccc4)nc3-c3ccccc3)cnc12. The fraction of sp³-hybridized carbons (Fsp3) is 0.0741. The van der Waals surface area contributed by atoms with Crippen molar-refractivity contribution in [3.63, 3.8) is 0 Å². The highest BCUT2D eigenvalue weighted by Crippen LogP contribution is 2.31. The number of hydrogen-bond donors (Lipinski definition) is 0. The molecule has 0 saturated carbocycles. The highest BCUT2D eigenvalue weighted by atomic mass is 32.1. The van der Waals surface area contributed by atoms with Crippen molar-refractivity contribution >= 4 is 38.0 Å². The third-order valence-corrected chi connectivity index (χ3v) is 6.85. The summed E-state index contributed by atoms with van der Waals surface area (Å²) >= 11 is 1.36. The summed E-state index contributed by atoms with van der Waals surface area (Å²) in [5, 5.41) is 10.2. The Morgan fingerprint density at radius 2 is 1.74 bits per heavy atom. The molecule has 0 N–H and O–H groups in total. The number of nitrogens with zero attached hydrogens (tertiary/aromatic N) is 6. The molecule has 170 valence electrons. The molecule has 0 aliphatic heterocycles. The van der Waals surface area contributed by atoms with Crippen molar-refractivity contribution in [1.29, 1.82) is 0 Å². The number of hydrogen-bond acceptors (Lipinski definition) is 6. The van der Waals surface area contributed by atoms with Crippen molar-refractivity contribution in [2.75, 3.05) is 0 Å². The van der Waals surface area contributed by atoms with Crippen LogP contribution in [0.3, 0.4) is 0 Å². The third kappa shape index (κ3) is 3.74. The Hall–Kier alpha value is -4.43. The molecule has 7 nitrogen and oxygen atoms in total. The van der Waals surface area contributed by atoms with E-state index >= 15 is 0 Å². The number of pyridine rings is 1. The minimum Gasteiger partial charge on any atom is -0.266 e. The molecular weight excluding hydrogens is 456 g/mol. The van der Waals surface area contributed by atoms with Crippen LogP contribution in [0.4, 0.5) is 0 Å². The van der Waals surface area contributed by atoms with E-state index in [1.165, 1.54) is 22.3 Å². The van der Waals surface area contributed by atoms with E-state index in [4.69, 9.17) is 5.10 Å². The number of fused-ring (bicyclic) bond motifs is 3. The van der Waals surface area contributed by atoms with Crippen LogP contribution in [0.15, 0.2) is 89.2 Å². The molecule has 4 aromatic heterocycles. The number of rotatable bonds is 4. The van der Waals surface area contributed by atoms with Gasteiger partial charge >= 0.3 is 0 Å². The van der Waals surface area contributed by atoms with Crippen LogP contribution < -0.4 is 5.56 Å². The summed E-state index contributed by atoms with van der Waals surface area (Å²) < 4.78 is 3.63. The molecule has 0 radical (unpaired) electrons. The first-order valence-electron chi connectivity index (χ1n) is 11.1. The Labute approximate surface area is 204 Å². The molecular formula is C27H20N6OS. The molecule has 0 fully saturated rings. The first-order valence-corrected chi connectivity index (χ1v) is 11.9. The van der Waals surface area contributed by atoms with Crippen LogP contribution >= 0.6 is 11.3 Å². The molecule has 0 amide bonds. The van der Waals surface area contributed by atoms with E-state index in [0.29, 0.717) is 10.2 Å². The predicted octanol–water partition coefficient (Wildman–Crippen LogP) is 5.36. The van der Waals surface area contributed by atoms with Crippen LogP contribution in [-0.4, -0.2) is 30.6 Å². The van der Waals surface area contributed by atoms with Gasteiger partial charge < -0.3 is 0 Å². The van der Waals surface area contributed by atoms with Crippen LogP contribution in [0.2, 0.25) is 0 Å². The minimum absolute atomic E-state index is 0.219. The molecule has 0 aliphatic rings. The predicted molar refractivity (Wildman–Crippen MR) is 141 cm³/mol. The molecule has 0 atom stereocenters. The van der Waals surface area contributed by atoms with E-state index in [9.17, 15) is 4.79 Å². The Bertz CT molecular complexity index is 1780. The lowest BCUT2D eigenvalue weighted by Crippen LogP contribution is -2.15. The van der Waals surface area contributed by atoms with E-state index in [1.807, 2.05) is 91.5 Å². The van der Waals surface area contributed by atoms with E-state index < -0.39 is 0 Å². The van der Waals surface area contributed by atoms with Crippen LogP contribution in [0.5, 0.6) is 0 Å². The minimum atomic E-state index is -0.219. The first kappa shape index (κ1) is 21.1. The summed E-state index contributed by atoms with van der Waals surface area (Å²) in [5.41, 5.74) is 5.90. The van der Waals surface area contributed by atoms with Gasteiger partial charge in [-0.25, -0.2) is 14.6 Å². The van der Waals surface area contributed by atoms with E-state index in [0.717, 1.165) is 44.0 Å². The second-order valence-electron chi connectivity index (χ2n) is 8.26. The lowest BCUT2D eigenvalue weighted by molar-refractivity contribution is 0.819. The quantitative estimate of drug-likeness (QED) is 0.321. The van der Waals surface area contributed by atoms with Crippen LogP contribution in [-0.2, 0) is 0 Å². The summed E-state index contributed by atoms with van der Waals surface area (Å²) in [6.45, 7) is 3.97. The second-order valence-corrected chi connectivity index (χ2v) is 9.26. The van der Waals surface area contributed by atoms with E-state index in [2.05, 4.69) is 15.1 Å². The van der Waals surface area contributed by atoms with Crippen LogP contribution in [0.25, 0.3) is 37.4 Å². The largest absolute Gasteiger partial charge is 0.291 e. The molecule has 0 bridgehead atoms. The maximum Gasteiger partial charge on any atom is 0.291 e. The topological polar surface area (TPSA) is 78.0 Å². The first-order chi connectivity index (χ1) is 17.1. The van der Waals surface area contributed by atoms with Gasteiger partial charge in [-0.1, -0.05) is 48.5 Å². The van der Waals surface area contributed by atoms with E-state index in [-0.39, 0.29) is 5.56 Å². The molecule has 0 unspecified atom stereocenters. The lowest BCUT2D eigenvalue weighted by atomic mass is 10.1. The molecule has 0 spiro atoms. The lowest BCUT2D eigenvalue weighted by Gasteiger charge is -2.00. The van der Waals surface area contributed by atoms with Gasteiger partial charge in [-0.3, -0.25) is 4.79 Å². The molecule has 8 heteroatoms. The number of aryl methyl sites for hydroxylation is 2. The van der Waals surface area contributed by atoms with Gasteiger partial charge in [0.1, 0.15) is 21.6 Å². The maximum atomic E-state index is 13.3. The molecule has 0 saturated heterocycles. The number of benzene rings is 2. The monoisotopic (exact) mass is 476 g/mol. The van der Waals surface area contributed by atoms with Gasteiger partial charge in [0, 0.05) is 28.4 Å². The average Bonchev–Trinajstić information content (AvgIpc) is 3.47. The zero-order chi connectivity index (χ0) is 23.9. The third-order valence-electron chi connectivity index (χ3n) is 5.79. The fourth-order valence-electron chi connectivity index (χ4n) is 4.18. The van der Waals surface area contributed by atoms with Gasteiger partial charge in [-0.2, -0.15) is 14.9 Å². The van der Waals surface area contributed by atoms with Gasteiger partial charge in [-0.15, -0.1) is 11.3 Å². The summed E-state index contributed by atoms with van der Waals surface area (Å²) in [6, 6.07) is 21.8. The Morgan fingerprint density at radius 3 is 2.51 bits per heavy atom. The molecule has 35 heavy (non-hydrogen) atoms. The van der Waals surface area contributed by atoms with Crippen LogP contribution in [0, 0.1) is 13.8 Å². The van der Waals surface area contributed by atoms with Gasteiger partial charge in [-0.05, 0) is 37.6 Å². The standard InChI is InChI=1S/C27H20N6OS/c1-17-13-18(2)30-26-22(17)24-25(35-26)27(34)33(16-28-24)29-14-20-15-32(21-11-7-4-8-12-21)31-23(20)19-9-5-3-6-10-19/h3-16H,1-2H3. The fourth-order valence-corrected chi connectivity index (χ4v) is 5.36. The molecule has 0 aliphatic carbocycles. The van der Waals surface area contributed by atoms with Crippen molar-refractivity contribution in [2.45, 2.75) is 13.8 Å². The zero-order valence-electron chi connectivity index (χ0n) is 19.1. The second kappa shape index (κ2) is 8.41. The Kier molecular flexibility index (Phi) is 5.08. The van der Waals surface area contributed by atoms with Gasteiger partial charge in [0.15, 0.2) is 0 Å². The van der Waals surface area contributed by atoms with Crippen molar-refractivity contribution < 1.29 is 0 Å². The van der Waals surface area contributed by atoms with Gasteiger partial charge in [0.2, 0.25) is 0 Å². The van der Waals surface area contributed by atoms with Crippen molar-refractivity contribution in [3.05, 3.63) is 106 Å².